The number of primary amides is 1. The van der Waals surface area contributed by atoms with Crippen LogP contribution in [0.2, 0.25) is 0 Å². The fourth-order valence-corrected chi connectivity index (χ4v) is 5.47. The quantitative estimate of drug-likeness (QED) is 0.635. The van der Waals surface area contributed by atoms with E-state index in [1.54, 1.807) is 0 Å². The first-order chi connectivity index (χ1) is 9.82. The Labute approximate surface area is 126 Å². The van der Waals surface area contributed by atoms with Crippen molar-refractivity contribution in [1.29, 1.82) is 0 Å². The molecule has 2 rings (SSSR count). The molecule has 0 saturated carbocycles. The van der Waals surface area contributed by atoms with Crippen LogP contribution in [0, 0.1) is 6.92 Å². The summed E-state index contributed by atoms with van der Waals surface area (Å²) in [6, 6.07) is -0.291. The van der Waals surface area contributed by atoms with E-state index in [-0.39, 0.29) is 22.5 Å². The van der Waals surface area contributed by atoms with Crippen molar-refractivity contribution in [1.82, 2.24) is 14.6 Å². The minimum atomic E-state index is -3.91. The molecule has 1 saturated heterocycles. The van der Waals surface area contributed by atoms with Crippen LogP contribution < -0.4 is 15.9 Å². The van der Waals surface area contributed by atoms with Gasteiger partial charge in [0.2, 0.25) is 5.91 Å². The minimum absolute atomic E-state index is 0.0488. The number of thiazole rings is 1. The van der Waals surface area contributed by atoms with Crippen molar-refractivity contribution in [3.05, 3.63) is 15.4 Å². The molecule has 1 aliphatic heterocycles. The first kappa shape index (κ1) is 16.1. The van der Waals surface area contributed by atoms with Gasteiger partial charge in [-0.2, -0.15) is 4.31 Å². The van der Waals surface area contributed by atoms with Gasteiger partial charge in [-0.05, 0) is 32.9 Å². The number of hydrogen-bond donors (Lipinski definition) is 3. The molecule has 4 N–H and O–H groups in total. The van der Waals surface area contributed by atoms with E-state index in [9.17, 15) is 18.0 Å². The smallest absolute Gasteiger partial charge is 0.305 e. The van der Waals surface area contributed by atoms with Gasteiger partial charge in [0, 0.05) is 11.7 Å². The molecule has 1 aromatic rings. The topological polar surface area (TPSA) is 125 Å². The zero-order valence-corrected chi connectivity index (χ0v) is 13.2. The maximum Gasteiger partial charge on any atom is 0.305 e. The predicted molar refractivity (Wildman–Crippen MR) is 78.7 cm³/mol. The number of nitrogens with two attached hydrogens (primary N) is 1. The van der Waals surface area contributed by atoms with Gasteiger partial charge >= 0.3 is 4.87 Å². The first-order valence-corrected chi connectivity index (χ1v) is 8.78. The van der Waals surface area contributed by atoms with Crippen LogP contribution in [0.1, 0.15) is 18.5 Å². The molecule has 118 valence electrons. The Bertz CT molecular complexity index is 673. The van der Waals surface area contributed by atoms with Gasteiger partial charge in [-0.1, -0.05) is 11.3 Å². The highest BCUT2D eigenvalue weighted by Crippen LogP contribution is 2.25. The summed E-state index contributed by atoms with van der Waals surface area (Å²) < 4.78 is 26.6. The summed E-state index contributed by atoms with van der Waals surface area (Å²) >= 11 is 0.632. The lowest BCUT2D eigenvalue weighted by molar-refractivity contribution is -0.118. The van der Waals surface area contributed by atoms with E-state index in [0.717, 1.165) is 4.31 Å². The molecule has 21 heavy (non-hydrogen) atoms. The lowest BCUT2D eigenvalue weighted by Crippen LogP contribution is -2.49. The van der Waals surface area contributed by atoms with Gasteiger partial charge in [-0.3, -0.25) is 9.59 Å². The number of aromatic nitrogens is 1. The average Bonchev–Trinajstić information content (AvgIpc) is 2.76. The van der Waals surface area contributed by atoms with E-state index < -0.39 is 20.8 Å². The molecule has 1 aromatic heterocycles. The molecule has 1 aliphatic rings. The highest BCUT2D eigenvalue weighted by atomic mass is 32.2. The highest BCUT2D eigenvalue weighted by Gasteiger charge is 2.35. The van der Waals surface area contributed by atoms with Gasteiger partial charge in [0.1, 0.15) is 0 Å². The van der Waals surface area contributed by atoms with Gasteiger partial charge in [0.25, 0.3) is 10.0 Å². The van der Waals surface area contributed by atoms with E-state index in [2.05, 4.69) is 10.3 Å². The molecule has 0 radical (unpaired) electrons. The van der Waals surface area contributed by atoms with Crippen molar-refractivity contribution in [3.63, 3.8) is 0 Å². The molecule has 0 aliphatic carbocycles. The average molecular weight is 334 g/mol. The summed E-state index contributed by atoms with van der Waals surface area (Å²) in [6.45, 7) is 2.50. The van der Waals surface area contributed by atoms with Crippen molar-refractivity contribution in [2.24, 2.45) is 5.73 Å². The maximum atomic E-state index is 12.8. The number of nitrogens with zero attached hydrogens (tertiary/aromatic N) is 1. The van der Waals surface area contributed by atoms with Gasteiger partial charge in [0.05, 0.1) is 6.54 Å². The van der Waals surface area contributed by atoms with Crippen molar-refractivity contribution >= 4 is 27.3 Å². The summed E-state index contributed by atoms with van der Waals surface area (Å²) in [6.07, 6.45) is 1.20. The van der Waals surface area contributed by atoms with Crippen LogP contribution in [0.5, 0.6) is 0 Å². The lowest BCUT2D eigenvalue weighted by Gasteiger charge is -2.32. The molecule has 0 aromatic carbocycles. The normalized spacial score (nSPS) is 17.2. The molecule has 0 bridgehead atoms. The second kappa shape index (κ2) is 6.26. The minimum Gasteiger partial charge on any atom is -0.369 e. The van der Waals surface area contributed by atoms with Crippen LogP contribution >= 0.6 is 11.3 Å². The molecule has 2 heterocycles. The molecule has 10 heteroatoms. The molecule has 1 fully saturated rings. The SMILES string of the molecule is Cc1[nH]c(=O)sc1S(=O)(=O)N(CC(N)=O)C1CCNCC1. The number of carbonyl (C=O) groups excluding carboxylic acids is 1. The third-order valence-electron chi connectivity index (χ3n) is 3.35. The standard InChI is InChI=1S/C11H18N4O4S2/c1-7-10(20-11(17)14-7)21(18,19)15(6-9(12)16)8-2-4-13-5-3-8/h8,13H,2-6H2,1H3,(H2,12,16)(H,14,17). The maximum absolute atomic E-state index is 12.8. The Morgan fingerprint density at radius 1 is 1.43 bits per heavy atom. The van der Waals surface area contributed by atoms with Crippen LogP contribution in [-0.4, -0.2) is 49.3 Å². The molecule has 0 unspecified atom stereocenters. The van der Waals surface area contributed by atoms with Crippen LogP contribution in [-0.2, 0) is 14.8 Å². The summed E-state index contributed by atoms with van der Waals surface area (Å²) in [4.78, 5) is 24.6. The molecular formula is C11H18N4O4S2. The van der Waals surface area contributed by atoms with Crippen molar-refractivity contribution in [2.75, 3.05) is 19.6 Å². The number of piperidine rings is 1. The van der Waals surface area contributed by atoms with Gasteiger partial charge < -0.3 is 16.0 Å². The van der Waals surface area contributed by atoms with Crippen LogP contribution in [0.3, 0.4) is 0 Å². The molecule has 0 spiro atoms. The molecule has 1 amide bonds. The molecule has 8 nitrogen and oxygen atoms in total. The van der Waals surface area contributed by atoms with Crippen molar-refractivity contribution in [2.45, 2.75) is 30.0 Å². The number of sulfonamides is 1. The largest absolute Gasteiger partial charge is 0.369 e. The monoisotopic (exact) mass is 334 g/mol. The van der Waals surface area contributed by atoms with Crippen LogP contribution in [0.4, 0.5) is 0 Å². The fraction of sp³-hybridized carbons (Fsp3) is 0.636. The number of aryl methyl sites for hydroxylation is 1. The van der Waals surface area contributed by atoms with Crippen molar-refractivity contribution in [3.8, 4) is 0 Å². The van der Waals surface area contributed by atoms with E-state index in [4.69, 9.17) is 5.73 Å². The van der Waals surface area contributed by atoms with Crippen LogP contribution in [0.25, 0.3) is 0 Å². The number of amides is 1. The van der Waals surface area contributed by atoms with E-state index in [1.165, 1.54) is 6.92 Å². The second-order valence-electron chi connectivity index (χ2n) is 4.92. The zero-order valence-electron chi connectivity index (χ0n) is 11.6. The number of aromatic amines is 1. The number of H-pyrrole nitrogens is 1. The number of hydrogen-bond acceptors (Lipinski definition) is 6. The Kier molecular flexibility index (Phi) is 4.81. The molecule has 0 atom stereocenters. The summed E-state index contributed by atoms with van der Waals surface area (Å²) in [5.41, 5.74) is 5.48. The second-order valence-corrected chi connectivity index (χ2v) is 7.99. The summed E-state index contributed by atoms with van der Waals surface area (Å²) in [7, 11) is -3.91. The Morgan fingerprint density at radius 2 is 2.05 bits per heavy atom. The van der Waals surface area contributed by atoms with Crippen LogP contribution in [0.15, 0.2) is 9.00 Å². The van der Waals surface area contributed by atoms with Gasteiger partial charge in [-0.25, -0.2) is 8.42 Å². The first-order valence-electron chi connectivity index (χ1n) is 6.53. The lowest BCUT2D eigenvalue weighted by atomic mass is 10.1. The Balaban J connectivity index is 2.40. The van der Waals surface area contributed by atoms with Crippen molar-refractivity contribution < 1.29 is 13.2 Å². The number of carbonyl (C=O) groups is 1. The third-order valence-corrected chi connectivity index (χ3v) is 6.83. The highest BCUT2D eigenvalue weighted by molar-refractivity contribution is 7.91. The van der Waals surface area contributed by atoms with E-state index in [0.29, 0.717) is 37.3 Å². The summed E-state index contributed by atoms with van der Waals surface area (Å²) in [5.74, 6) is -0.711. The zero-order chi connectivity index (χ0) is 15.6. The van der Waals surface area contributed by atoms with E-state index >= 15 is 0 Å². The Morgan fingerprint density at radius 3 is 2.52 bits per heavy atom. The molecular weight excluding hydrogens is 316 g/mol. The Hall–Kier alpha value is -1.23. The van der Waals surface area contributed by atoms with E-state index in [1.807, 2.05) is 0 Å². The predicted octanol–water partition coefficient (Wildman–Crippen LogP) is -1.03. The van der Waals surface area contributed by atoms with Gasteiger partial charge in [0.15, 0.2) is 4.21 Å². The number of nitrogens with one attached hydrogen (secondary N) is 2. The van der Waals surface area contributed by atoms with Gasteiger partial charge in [-0.15, -0.1) is 0 Å². The fourth-order valence-electron chi connectivity index (χ4n) is 2.40. The third kappa shape index (κ3) is 3.51. The number of rotatable bonds is 5. The summed E-state index contributed by atoms with van der Waals surface area (Å²) in [5, 5.41) is 3.14.